The maximum atomic E-state index is 11.7. The highest BCUT2D eigenvalue weighted by Crippen LogP contribution is 2.35. The quantitative estimate of drug-likeness (QED) is 0.621. The number of nitrogens with one attached hydrogen (secondary N) is 1. The number of hydrogen-bond donors (Lipinski definition) is 3. The van der Waals surface area contributed by atoms with Crippen molar-refractivity contribution in [3.8, 4) is 0 Å². The molecule has 1 aliphatic rings. The molecule has 3 N–H and O–H groups in total. The average molecular weight is 256 g/mol. The van der Waals surface area contributed by atoms with Crippen molar-refractivity contribution in [1.82, 2.24) is 9.55 Å². The van der Waals surface area contributed by atoms with E-state index in [-0.39, 0.29) is 13.0 Å². The van der Waals surface area contributed by atoms with Crippen LogP contribution in [0, 0.1) is 6.92 Å². The monoisotopic (exact) mass is 256 g/mol. The van der Waals surface area contributed by atoms with E-state index in [4.69, 9.17) is 4.74 Å². The number of H-pyrrole nitrogens is 1. The Balaban J connectivity index is 2.38. The Hall–Kier alpha value is -1.44. The van der Waals surface area contributed by atoms with Crippen LogP contribution in [0.25, 0.3) is 0 Å². The van der Waals surface area contributed by atoms with E-state index >= 15 is 0 Å². The Bertz CT molecular complexity index is 563. The van der Waals surface area contributed by atoms with Gasteiger partial charge in [0.2, 0.25) is 0 Å². The van der Waals surface area contributed by atoms with Gasteiger partial charge >= 0.3 is 5.69 Å². The molecule has 0 radical (unpaired) electrons. The molecule has 7 nitrogen and oxygen atoms in total. The number of rotatable bonds is 2. The fourth-order valence-electron chi connectivity index (χ4n) is 1.99. The van der Waals surface area contributed by atoms with Crippen LogP contribution >= 0.6 is 0 Å². The van der Waals surface area contributed by atoms with Crippen molar-refractivity contribution in [3.63, 3.8) is 0 Å². The standard InChI is InChI=1S/C11H16N2O5/c1-6-4-13(10(17)12-9(6)16)8-3-7(15)11(2,5-14)18-8/h4,7-8,14-15H,3,5H2,1-2H3,(H,12,16,17)/t7-,8-,11-/m1/s1. The number of aliphatic hydroxyl groups is 2. The summed E-state index contributed by atoms with van der Waals surface area (Å²) in [6.07, 6.45) is 0.0104. The van der Waals surface area contributed by atoms with Crippen LogP contribution < -0.4 is 11.2 Å². The van der Waals surface area contributed by atoms with Gasteiger partial charge in [-0.3, -0.25) is 14.3 Å². The molecule has 100 valence electrons. The zero-order valence-corrected chi connectivity index (χ0v) is 10.2. The zero-order chi connectivity index (χ0) is 13.5. The molecule has 0 aromatic carbocycles. The largest absolute Gasteiger partial charge is 0.393 e. The van der Waals surface area contributed by atoms with E-state index in [1.165, 1.54) is 10.8 Å². The van der Waals surface area contributed by atoms with E-state index < -0.39 is 29.2 Å². The van der Waals surface area contributed by atoms with Gasteiger partial charge in [-0.1, -0.05) is 0 Å². The van der Waals surface area contributed by atoms with Gasteiger partial charge in [0, 0.05) is 18.2 Å². The number of aromatic amines is 1. The predicted octanol–water partition coefficient (Wildman–Crippen LogP) is -1.12. The van der Waals surface area contributed by atoms with Gasteiger partial charge in [0.1, 0.15) is 11.8 Å². The molecule has 2 heterocycles. The Morgan fingerprint density at radius 3 is 2.83 bits per heavy atom. The van der Waals surface area contributed by atoms with Crippen molar-refractivity contribution >= 4 is 0 Å². The molecule has 0 saturated carbocycles. The van der Waals surface area contributed by atoms with E-state index in [0.717, 1.165) is 0 Å². The van der Waals surface area contributed by atoms with Crippen LogP contribution in [0.5, 0.6) is 0 Å². The Morgan fingerprint density at radius 2 is 2.28 bits per heavy atom. The molecular formula is C11H16N2O5. The molecule has 1 aliphatic heterocycles. The van der Waals surface area contributed by atoms with Crippen molar-refractivity contribution in [3.05, 3.63) is 32.6 Å². The van der Waals surface area contributed by atoms with E-state index in [0.29, 0.717) is 5.56 Å². The summed E-state index contributed by atoms with van der Waals surface area (Å²) in [4.78, 5) is 25.1. The smallest absolute Gasteiger partial charge is 0.330 e. The third kappa shape index (κ3) is 2.00. The van der Waals surface area contributed by atoms with Crippen LogP contribution in [-0.2, 0) is 4.74 Å². The highest BCUT2D eigenvalue weighted by atomic mass is 16.6. The summed E-state index contributed by atoms with van der Waals surface area (Å²) in [5, 5.41) is 19.0. The summed E-state index contributed by atoms with van der Waals surface area (Å²) < 4.78 is 6.74. The first-order chi connectivity index (χ1) is 8.37. The lowest BCUT2D eigenvalue weighted by Gasteiger charge is -2.25. The Labute approximate surface area is 103 Å². The minimum absolute atomic E-state index is 0.183. The van der Waals surface area contributed by atoms with E-state index in [1.54, 1.807) is 13.8 Å². The van der Waals surface area contributed by atoms with Crippen molar-refractivity contribution in [2.45, 2.75) is 38.2 Å². The SMILES string of the molecule is Cc1cn([C@H]2C[C@@H](O)[C@@](C)(CO)O2)c(=O)[nH]c1=O. The molecular weight excluding hydrogens is 240 g/mol. The van der Waals surface area contributed by atoms with Crippen molar-refractivity contribution in [2.75, 3.05) is 6.61 Å². The molecule has 0 spiro atoms. The van der Waals surface area contributed by atoms with Crippen molar-refractivity contribution in [2.24, 2.45) is 0 Å². The molecule has 1 aromatic rings. The summed E-state index contributed by atoms with van der Waals surface area (Å²) in [7, 11) is 0. The first kappa shape index (κ1) is 13.0. The zero-order valence-electron chi connectivity index (χ0n) is 10.2. The Kier molecular flexibility index (Phi) is 3.14. The van der Waals surface area contributed by atoms with Crippen molar-refractivity contribution < 1.29 is 14.9 Å². The molecule has 1 saturated heterocycles. The van der Waals surface area contributed by atoms with Gasteiger partial charge in [-0.15, -0.1) is 0 Å². The predicted molar refractivity (Wildman–Crippen MR) is 62.3 cm³/mol. The number of nitrogens with zero attached hydrogens (tertiary/aromatic N) is 1. The average Bonchev–Trinajstić information content (AvgIpc) is 2.61. The number of aromatic nitrogens is 2. The minimum atomic E-state index is -1.09. The van der Waals surface area contributed by atoms with Gasteiger partial charge in [-0.2, -0.15) is 0 Å². The molecule has 1 fully saturated rings. The molecule has 18 heavy (non-hydrogen) atoms. The Morgan fingerprint density at radius 1 is 1.61 bits per heavy atom. The molecule has 3 atom stereocenters. The van der Waals surface area contributed by atoms with Crippen LogP contribution in [0.4, 0.5) is 0 Å². The first-order valence-electron chi connectivity index (χ1n) is 5.66. The summed E-state index contributed by atoms with van der Waals surface area (Å²) in [6.45, 7) is 2.80. The van der Waals surface area contributed by atoms with Gasteiger partial charge < -0.3 is 14.9 Å². The summed E-state index contributed by atoms with van der Waals surface area (Å²) in [6, 6.07) is 0. The number of hydrogen-bond acceptors (Lipinski definition) is 5. The molecule has 0 amide bonds. The van der Waals surface area contributed by atoms with Crippen LogP contribution in [-0.4, -0.2) is 38.1 Å². The lowest BCUT2D eigenvalue weighted by atomic mass is 10.0. The summed E-state index contributed by atoms with van der Waals surface area (Å²) in [5.74, 6) is 0. The van der Waals surface area contributed by atoms with Gasteiger partial charge in [0.05, 0.1) is 12.7 Å². The van der Waals surface area contributed by atoms with E-state index in [1.807, 2.05) is 0 Å². The second-order valence-corrected chi connectivity index (χ2v) is 4.77. The number of aryl methyl sites for hydroxylation is 1. The van der Waals surface area contributed by atoms with E-state index in [9.17, 15) is 19.8 Å². The third-order valence-corrected chi connectivity index (χ3v) is 3.31. The normalized spacial score (nSPS) is 31.8. The molecule has 0 unspecified atom stereocenters. The highest BCUT2D eigenvalue weighted by Gasteiger charge is 2.45. The van der Waals surface area contributed by atoms with Crippen LogP contribution in [0.15, 0.2) is 15.8 Å². The van der Waals surface area contributed by atoms with Gasteiger partial charge in [-0.05, 0) is 13.8 Å². The number of aliphatic hydroxyl groups excluding tert-OH is 2. The molecule has 1 aromatic heterocycles. The van der Waals surface area contributed by atoms with Gasteiger partial charge in [-0.25, -0.2) is 4.79 Å². The maximum absolute atomic E-state index is 11.7. The highest BCUT2D eigenvalue weighted by molar-refractivity contribution is 5.02. The lowest BCUT2D eigenvalue weighted by Crippen LogP contribution is -2.40. The lowest BCUT2D eigenvalue weighted by molar-refractivity contribution is -0.116. The second-order valence-electron chi connectivity index (χ2n) is 4.77. The summed E-state index contributed by atoms with van der Waals surface area (Å²) >= 11 is 0. The number of ether oxygens (including phenoxy) is 1. The maximum Gasteiger partial charge on any atom is 0.330 e. The van der Waals surface area contributed by atoms with E-state index in [2.05, 4.69) is 4.98 Å². The van der Waals surface area contributed by atoms with Crippen molar-refractivity contribution in [1.29, 1.82) is 0 Å². The fraction of sp³-hybridized carbons (Fsp3) is 0.636. The molecule has 0 bridgehead atoms. The fourth-order valence-corrected chi connectivity index (χ4v) is 1.99. The summed E-state index contributed by atoms with van der Waals surface area (Å²) in [5.41, 5.74) is -1.75. The molecule has 7 heteroatoms. The minimum Gasteiger partial charge on any atom is -0.393 e. The second kappa shape index (κ2) is 4.34. The third-order valence-electron chi connectivity index (χ3n) is 3.31. The molecule has 0 aliphatic carbocycles. The topological polar surface area (TPSA) is 105 Å². The van der Waals surface area contributed by atoms with Crippen LogP contribution in [0.2, 0.25) is 0 Å². The van der Waals surface area contributed by atoms with Crippen LogP contribution in [0.1, 0.15) is 25.1 Å². The molecule has 2 rings (SSSR count). The van der Waals surface area contributed by atoms with Crippen LogP contribution in [0.3, 0.4) is 0 Å². The first-order valence-corrected chi connectivity index (χ1v) is 5.66. The van der Waals surface area contributed by atoms with Gasteiger partial charge in [0.25, 0.3) is 5.56 Å². The van der Waals surface area contributed by atoms with Gasteiger partial charge in [0.15, 0.2) is 0 Å².